The first-order valence-electron chi connectivity index (χ1n) is 6.19. The number of nitrogen functional groups attached to an aromatic ring is 1. The van der Waals surface area contributed by atoms with E-state index in [9.17, 15) is 4.79 Å². The quantitative estimate of drug-likeness (QED) is 0.787. The van der Waals surface area contributed by atoms with Crippen molar-refractivity contribution in [2.24, 2.45) is 0 Å². The van der Waals surface area contributed by atoms with Gasteiger partial charge in [-0.05, 0) is 39.3 Å². The van der Waals surface area contributed by atoms with Gasteiger partial charge in [0.1, 0.15) is 5.75 Å². The van der Waals surface area contributed by atoms with Crippen LogP contribution in [0.25, 0.3) is 0 Å². The Bertz CT molecular complexity index is 428. The van der Waals surface area contributed by atoms with E-state index in [1.165, 1.54) is 0 Å². The van der Waals surface area contributed by atoms with Crippen LogP contribution >= 0.6 is 0 Å². The van der Waals surface area contributed by atoms with Crippen molar-refractivity contribution in [1.82, 2.24) is 5.32 Å². The van der Waals surface area contributed by atoms with Crippen LogP contribution in [0, 0.1) is 13.8 Å². The number of nitrogens with one attached hydrogen (secondary N) is 1. The van der Waals surface area contributed by atoms with Gasteiger partial charge in [0, 0.05) is 17.3 Å². The summed E-state index contributed by atoms with van der Waals surface area (Å²) in [5.41, 5.74) is 8.50. The van der Waals surface area contributed by atoms with Gasteiger partial charge in [-0.2, -0.15) is 0 Å². The van der Waals surface area contributed by atoms with Crippen LogP contribution in [0.1, 0.15) is 31.4 Å². The van der Waals surface area contributed by atoms with Crippen molar-refractivity contribution in [2.75, 3.05) is 12.3 Å². The van der Waals surface area contributed by atoms with E-state index in [0.717, 1.165) is 16.9 Å². The van der Waals surface area contributed by atoms with Crippen molar-refractivity contribution >= 4 is 11.6 Å². The Morgan fingerprint density at radius 3 is 2.67 bits per heavy atom. The van der Waals surface area contributed by atoms with Gasteiger partial charge in [-0.3, -0.25) is 4.79 Å². The lowest BCUT2D eigenvalue weighted by Gasteiger charge is -2.14. The second kappa shape index (κ2) is 6.28. The summed E-state index contributed by atoms with van der Waals surface area (Å²) < 4.78 is 5.66. The normalized spacial score (nSPS) is 10.5. The van der Waals surface area contributed by atoms with Crippen LogP contribution in [-0.2, 0) is 4.79 Å². The van der Waals surface area contributed by atoms with E-state index in [1.807, 2.05) is 39.8 Å². The molecule has 4 nitrogen and oxygen atoms in total. The molecule has 0 aliphatic rings. The van der Waals surface area contributed by atoms with Crippen LogP contribution in [0.15, 0.2) is 12.1 Å². The molecule has 1 aromatic rings. The zero-order chi connectivity index (χ0) is 13.7. The lowest BCUT2D eigenvalue weighted by molar-refractivity contribution is -0.122. The molecule has 0 unspecified atom stereocenters. The number of carbonyl (C=O) groups is 1. The van der Waals surface area contributed by atoms with Crippen molar-refractivity contribution in [2.45, 2.75) is 40.2 Å². The average Bonchev–Trinajstić information content (AvgIpc) is 2.27. The zero-order valence-electron chi connectivity index (χ0n) is 11.5. The maximum Gasteiger partial charge on any atom is 0.223 e. The summed E-state index contributed by atoms with van der Waals surface area (Å²) in [5.74, 6) is 0.788. The van der Waals surface area contributed by atoms with Gasteiger partial charge < -0.3 is 15.8 Å². The van der Waals surface area contributed by atoms with Crippen molar-refractivity contribution in [1.29, 1.82) is 0 Å². The summed E-state index contributed by atoms with van der Waals surface area (Å²) in [6.07, 6.45) is 0.353. The third-order valence-corrected chi connectivity index (χ3v) is 2.67. The molecular weight excluding hydrogens is 228 g/mol. The Morgan fingerprint density at radius 1 is 1.39 bits per heavy atom. The number of benzene rings is 1. The molecule has 0 spiro atoms. The molecule has 0 atom stereocenters. The first-order valence-corrected chi connectivity index (χ1v) is 6.19. The summed E-state index contributed by atoms with van der Waals surface area (Å²) in [7, 11) is 0. The third-order valence-electron chi connectivity index (χ3n) is 2.67. The number of hydrogen-bond donors (Lipinski definition) is 2. The zero-order valence-corrected chi connectivity index (χ0v) is 11.5. The summed E-state index contributed by atoms with van der Waals surface area (Å²) in [6, 6.07) is 3.95. The Kier molecular flexibility index (Phi) is 5.01. The van der Waals surface area contributed by atoms with Crippen molar-refractivity contribution in [3.63, 3.8) is 0 Å². The fraction of sp³-hybridized carbons (Fsp3) is 0.500. The molecule has 1 amide bonds. The Labute approximate surface area is 109 Å². The minimum absolute atomic E-state index is 0.00390. The Hall–Kier alpha value is -1.71. The third kappa shape index (κ3) is 3.95. The minimum atomic E-state index is 0.00390. The van der Waals surface area contributed by atoms with Crippen LogP contribution in [0.4, 0.5) is 5.69 Å². The Morgan fingerprint density at radius 2 is 2.06 bits per heavy atom. The van der Waals surface area contributed by atoms with E-state index in [1.54, 1.807) is 0 Å². The summed E-state index contributed by atoms with van der Waals surface area (Å²) in [6.45, 7) is 8.13. The molecule has 0 heterocycles. The van der Waals surface area contributed by atoms with Gasteiger partial charge in [-0.15, -0.1) is 0 Å². The molecule has 18 heavy (non-hydrogen) atoms. The highest BCUT2D eigenvalue weighted by atomic mass is 16.5. The molecule has 1 aromatic carbocycles. The summed E-state index contributed by atoms with van der Waals surface area (Å²) in [5, 5.41) is 2.83. The van der Waals surface area contributed by atoms with E-state index in [4.69, 9.17) is 10.5 Å². The van der Waals surface area contributed by atoms with E-state index >= 15 is 0 Å². The fourth-order valence-corrected chi connectivity index (χ4v) is 1.70. The standard InChI is InChI=1S/C14H22N2O2/c1-9(2)16-13(17)7-8-18-14-10(3)5-6-12(15)11(14)4/h5-6,9H,7-8,15H2,1-4H3,(H,16,17). The maximum atomic E-state index is 11.5. The number of aryl methyl sites for hydroxylation is 1. The largest absolute Gasteiger partial charge is 0.492 e. The minimum Gasteiger partial charge on any atom is -0.492 e. The fourth-order valence-electron chi connectivity index (χ4n) is 1.70. The Balaban J connectivity index is 2.54. The number of anilines is 1. The van der Waals surface area contributed by atoms with Crippen LogP contribution in [-0.4, -0.2) is 18.6 Å². The molecule has 0 radical (unpaired) electrons. The molecule has 4 heteroatoms. The van der Waals surface area contributed by atoms with Gasteiger partial charge in [-0.1, -0.05) is 6.07 Å². The number of rotatable bonds is 5. The van der Waals surface area contributed by atoms with Gasteiger partial charge in [-0.25, -0.2) is 0 Å². The number of nitrogens with two attached hydrogens (primary N) is 1. The highest BCUT2D eigenvalue weighted by Crippen LogP contribution is 2.27. The van der Waals surface area contributed by atoms with Crippen LogP contribution in [0.3, 0.4) is 0 Å². The molecule has 0 saturated carbocycles. The molecule has 3 N–H and O–H groups in total. The first-order chi connectivity index (χ1) is 8.41. The molecular formula is C14H22N2O2. The highest BCUT2D eigenvalue weighted by molar-refractivity contribution is 5.76. The maximum absolute atomic E-state index is 11.5. The van der Waals surface area contributed by atoms with Crippen LogP contribution < -0.4 is 15.8 Å². The molecule has 0 aromatic heterocycles. The van der Waals surface area contributed by atoms with Gasteiger partial charge in [0.15, 0.2) is 0 Å². The van der Waals surface area contributed by atoms with Gasteiger partial charge >= 0.3 is 0 Å². The first kappa shape index (κ1) is 14.4. The molecule has 0 bridgehead atoms. The summed E-state index contributed by atoms with van der Waals surface area (Å²) in [4.78, 5) is 11.5. The smallest absolute Gasteiger partial charge is 0.223 e. The van der Waals surface area contributed by atoms with Gasteiger partial charge in [0.05, 0.1) is 13.0 Å². The molecule has 0 aliphatic heterocycles. The number of ether oxygens (including phenoxy) is 1. The predicted molar refractivity (Wildman–Crippen MR) is 73.7 cm³/mol. The SMILES string of the molecule is Cc1ccc(N)c(C)c1OCCC(=O)NC(C)C. The van der Waals surface area contributed by atoms with Gasteiger partial charge in [0.2, 0.25) is 5.91 Å². The monoisotopic (exact) mass is 250 g/mol. The molecule has 100 valence electrons. The molecule has 0 aliphatic carbocycles. The van der Waals surface area contributed by atoms with Crippen LogP contribution in [0.5, 0.6) is 5.75 Å². The van der Waals surface area contributed by atoms with Crippen LogP contribution in [0.2, 0.25) is 0 Å². The van der Waals surface area contributed by atoms with E-state index in [2.05, 4.69) is 5.32 Å². The highest BCUT2D eigenvalue weighted by Gasteiger charge is 2.08. The van der Waals surface area contributed by atoms with E-state index in [-0.39, 0.29) is 11.9 Å². The number of amides is 1. The van der Waals surface area contributed by atoms with Crippen molar-refractivity contribution in [3.8, 4) is 5.75 Å². The topological polar surface area (TPSA) is 64.3 Å². The van der Waals surface area contributed by atoms with E-state index < -0.39 is 0 Å². The molecule has 1 rings (SSSR count). The lowest BCUT2D eigenvalue weighted by atomic mass is 10.1. The van der Waals surface area contributed by atoms with Crippen molar-refractivity contribution in [3.05, 3.63) is 23.3 Å². The second-order valence-electron chi connectivity index (χ2n) is 4.75. The number of carbonyl (C=O) groups excluding carboxylic acids is 1. The second-order valence-corrected chi connectivity index (χ2v) is 4.75. The molecule has 0 saturated heterocycles. The summed E-state index contributed by atoms with van der Waals surface area (Å²) >= 11 is 0. The lowest BCUT2D eigenvalue weighted by Crippen LogP contribution is -2.31. The average molecular weight is 250 g/mol. The van der Waals surface area contributed by atoms with E-state index in [0.29, 0.717) is 18.7 Å². The molecule has 0 fully saturated rings. The number of hydrogen-bond acceptors (Lipinski definition) is 3. The van der Waals surface area contributed by atoms with Gasteiger partial charge in [0.25, 0.3) is 0 Å². The van der Waals surface area contributed by atoms with Crippen molar-refractivity contribution < 1.29 is 9.53 Å². The predicted octanol–water partition coefficient (Wildman–Crippen LogP) is 2.18.